The summed E-state index contributed by atoms with van der Waals surface area (Å²) in [6.45, 7) is 5.32. The monoisotopic (exact) mass is 452 g/mol. The van der Waals surface area contributed by atoms with Crippen LogP contribution in [0.2, 0.25) is 0 Å². The number of carbonyl (C=O) groups is 1. The number of benzene rings is 2. The maximum absolute atomic E-state index is 11.1. The van der Waals surface area contributed by atoms with E-state index in [0.717, 1.165) is 46.9 Å². The van der Waals surface area contributed by atoms with Gasteiger partial charge in [-0.25, -0.2) is 4.98 Å². The number of aromatic nitrogens is 1. The number of carboxylic acids is 1. The lowest BCUT2D eigenvalue weighted by Crippen LogP contribution is -1.99. The number of nitrogens with zero attached hydrogens (tertiary/aromatic N) is 2. The Hall–Kier alpha value is -3.39. The second kappa shape index (κ2) is 10.3. The van der Waals surface area contributed by atoms with E-state index in [2.05, 4.69) is 11.1 Å². The molecule has 166 valence electrons. The van der Waals surface area contributed by atoms with Crippen molar-refractivity contribution in [2.75, 3.05) is 5.75 Å². The van der Waals surface area contributed by atoms with Gasteiger partial charge in [0.25, 0.3) is 11.7 Å². The van der Waals surface area contributed by atoms with E-state index in [-0.39, 0.29) is 10.6 Å². The van der Waals surface area contributed by atoms with Crippen LogP contribution in [0, 0.1) is 24.0 Å². The third-order valence-electron chi connectivity index (χ3n) is 4.88. The van der Waals surface area contributed by atoms with Gasteiger partial charge in [-0.3, -0.25) is 14.9 Å². The second-order valence-corrected chi connectivity index (χ2v) is 8.59. The van der Waals surface area contributed by atoms with Crippen molar-refractivity contribution in [3.63, 3.8) is 0 Å². The normalized spacial score (nSPS) is 11.8. The molecule has 2 heterocycles. The van der Waals surface area contributed by atoms with Crippen molar-refractivity contribution in [1.29, 1.82) is 0 Å². The van der Waals surface area contributed by atoms with Gasteiger partial charge >= 0.3 is 0 Å². The van der Waals surface area contributed by atoms with Gasteiger partial charge in [-0.15, -0.1) is 11.8 Å². The lowest BCUT2D eigenvalue weighted by Gasteiger charge is -2.12. The number of carboxylic acid groups (broad SMARTS) is 1. The molecule has 0 aliphatic carbocycles. The maximum atomic E-state index is 11.1. The van der Waals surface area contributed by atoms with Crippen molar-refractivity contribution < 1.29 is 19.6 Å². The van der Waals surface area contributed by atoms with Crippen LogP contribution in [0.5, 0.6) is 5.88 Å². The highest BCUT2D eigenvalue weighted by atomic mass is 32.2. The van der Waals surface area contributed by atoms with E-state index in [4.69, 9.17) is 14.6 Å². The molecular formula is C24H24N2O5S. The van der Waals surface area contributed by atoms with Crippen LogP contribution in [0.25, 0.3) is 11.1 Å². The number of nitro benzene ring substituents is 1. The SMILES string of the molecule is CC(=O)O.Cc1cc([N+](=O)[O-])cc(C)c1-c1cccc(COc2cc3c(cn2)CCS3)c1. The molecule has 0 bridgehead atoms. The molecule has 0 saturated heterocycles. The molecule has 4 rings (SSSR count). The fraction of sp³-hybridized carbons (Fsp3) is 0.250. The minimum atomic E-state index is -0.833. The molecule has 32 heavy (non-hydrogen) atoms. The number of hydrogen-bond acceptors (Lipinski definition) is 6. The van der Waals surface area contributed by atoms with E-state index in [1.165, 1.54) is 10.5 Å². The lowest BCUT2D eigenvalue weighted by molar-refractivity contribution is -0.384. The third kappa shape index (κ3) is 5.85. The fourth-order valence-corrected chi connectivity index (χ4v) is 4.66. The standard InChI is InChI=1S/C22H20N2O3S.C2H4O2/c1-14-8-19(24(25)26)9-15(2)22(14)17-5-3-4-16(10-17)13-27-21-11-20-18(12-23-21)6-7-28-20;1-2(3)4/h3-5,8-12H,6-7,13H2,1-2H3;1H3,(H,3,4). The minimum Gasteiger partial charge on any atom is -0.481 e. The molecule has 0 radical (unpaired) electrons. The first-order valence-electron chi connectivity index (χ1n) is 10.0. The molecule has 0 atom stereocenters. The molecule has 1 aliphatic rings. The number of non-ortho nitro benzene ring substituents is 1. The Morgan fingerprint density at radius 3 is 2.56 bits per heavy atom. The van der Waals surface area contributed by atoms with E-state index in [1.807, 2.05) is 56.1 Å². The highest BCUT2D eigenvalue weighted by Crippen LogP contribution is 2.33. The Balaban J connectivity index is 0.000000668. The number of rotatable bonds is 5. The van der Waals surface area contributed by atoms with Crippen LogP contribution >= 0.6 is 11.8 Å². The van der Waals surface area contributed by atoms with Crippen LogP contribution in [0.15, 0.2) is 53.6 Å². The summed E-state index contributed by atoms with van der Waals surface area (Å²) < 4.78 is 5.91. The summed E-state index contributed by atoms with van der Waals surface area (Å²) in [5, 5.41) is 18.5. The van der Waals surface area contributed by atoms with E-state index >= 15 is 0 Å². The zero-order valence-electron chi connectivity index (χ0n) is 18.1. The molecular weight excluding hydrogens is 428 g/mol. The first kappa shape index (κ1) is 23.3. The van der Waals surface area contributed by atoms with Gasteiger partial charge in [0.2, 0.25) is 5.88 Å². The summed E-state index contributed by atoms with van der Waals surface area (Å²) in [5.74, 6) is 0.914. The molecule has 2 aromatic carbocycles. The second-order valence-electron chi connectivity index (χ2n) is 7.45. The molecule has 0 saturated carbocycles. The summed E-state index contributed by atoms with van der Waals surface area (Å²) >= 11 is 1.84. The van der Waals surface area contributed by atoms with Gasteiger partial charge in [0.1, 0.15) is 6.61 Å². The predicted octanol–water partition coefficient (Wildman–Crippen LogP) is 5.59. The molecule has 3 aromatic rings. The van der Waals surface area contributed by atoms with Crippen LogP contribution in [0.1, 0.15) is 29.2 Å². The largest absolute Gasteiger partial charge is 0.481 e. The summed E-state index contributed by atoms with van der Waals surface area (Å²) in [7, 11) is 0. The van der Waals surface area contributed by atoms with Crippen LogP contribution in [0.3, 0.4) is 0 Å². The Morgan fingerprint density at radius 2 is 1.91 bits per heavy atom. The Bertz CT molecular complexity index is 1140. The maximum Gasteiger partial charge on any atom is 0.300 e. The smallest absolute Gasteiger partial charge is 0.300 e. The van der Waals surface area contributed by atoms with Gasteiger partial charge in [0.15, 0.2) is 0 Å². The molecule has 0 amide bonds. The van der Waals surface area contributed by atoms with Crippen LogP contribution < -0.4 is 4.74 Å². The van der Waals surface area contributed by atoms with Crippen LogP contribution in [-0.2, 0) is 17.8 Å². The fourth-order valence-electron chi connectivity index (χ4n) is 3.59. The summed E-state index contributed by atoms with van der Waals surface area (Å²) in [6, 6.07) is 13.4. The first-order valence-corrected chi connectivity index (χ1v) is 11.0. The average molecular weight is 453 g/mol. The Kier molecular flexibility index (Phi) is 7.48. The number of nitro groups is 1. The quantitative estimate of drug-likeness (QED) is 0.397. The number of aryl methyl sites for hydroxylation is 3. The average Bonchev–Trinajstić information content (AvgIpc) is 3.19. The van der Waals surface area contributed by atoms with Gasteiger partial charge in [-0.05, 0) is 59.7 Å². The number of fused-ring (bicyclic) bond motifs is 1. The number of pyridine rings is 1. The van der Waals surface area contributed by atoms with E-state index in [1.54, 1.807) is 12.1 Å². The van der Waals surface area contributed by atoms with Crippen molar-refractivity contribution in [1.82, 2.24) is 4.98 Å². The number of hydrogen-bond donors (Lipinski definition) is 1. The van der Waals surface area contributed by atoms with Crippen molar-refractivity contribution in [2.24, 2.45) is 0 Å². The van der Waals surface area contributed by atoms with Crippen molar-refractivity contribution in [2.45, 2.75) is 38.7 Å². The zero-order chi connectivity index (χ0) is 23.3. The molecule has 8 heteroatoms. The van der Waals surface area contributed by atoms with E-state index < -0.39 is 5.97 Å². The minimum absolute atomic E-state index is 0.124. The molecule has 0 fully saturated rings. The molecule has 7 nitrogen and oxygen atoms in total. The molecule has 0 spiro atoms. The highest BCUT2D eigenvalue weighted by molar-refractivity contribution is 7.99. The van der Waals surface area contributed by atoms with Crippen LogP contribution in [0.4, 0.5) is 5.69 Å². The summed E-state index contributed by atoms with van der Waals surface area (Å²) in [4.78, 5) is 25.4. The topological polar surface area (TPSA) is 103 Å². The van der Waals surface area contributed by atoms with Gasteiger partial charge < -0.3 is 9.84 Å². The van der Waals surface area contributed by atoms with Gasteiger partial charge in [0, 0.05) is 42.0 Å². The Morgan fingerprint density at radius 1 is 1.22 bits per heavy atom. The molecule has 0 unspecified atom stereocenters. The van der Waals surface area contributed by atoms with Crippen LogP contribution in [-0.4, -0.2) is 26.7 Å². The zero-order valence-corrected chi connectivity index (χ0v) is 18.9. The van der Waals surface area contributed by atoms with Crippen molar-refractivity contribution >= 4 is 23.4 Å². The van der Waals surface area contributed by atoms with Gasteiger partial charge in [-0.1, -0.05) is 18.2 Å². The Labute approximate surface area is 190 Å². The van der Waals surface area contributed by atoms with Crippen molar-refractivity contribution in [3.05, 3.63) is 81.0 Å². The molecule has 1 N–H and O–H groups in total. The number of ether oxygens (including phenoxy) is 1. The highest BCUT2D eigenvalue weighted by Gasteiger charge is 2.15. The number of aliphatic carboxylic acids is 1. The number of thioether (sulfide) groups is 1. The molecule has 1 aromatic heterocycles. The predicted molar refractivity (Wildman–Crippen MR) is 124 cm³/mol. The summed E-state index contributed by atoms with van der Waals surface area (Å²) in [5.41, 5.74) is 6.29. The third-order valence-corrected chi connectivity index (χ3v) is 5.98. The van der Waals surface area contributed by atoms with Gasteiger partial charge in [0.05, 0.1) is 4.92 Å². The molecule has 1 aliphatic heterocycles. The summed E-state index contributed by atoms with van der Waals surface area (Å²) in [6.07, 6.45) is 2.98. The lowest BCUT2D eigenvalue weighted by atomic mass is 9.94. The first-order chi connectivity index (χ1) is 15.2. The van der Waals surface area contributed by atoms with E-state index in [0.29, 0.717) is 12.5 Å². The van der Waals surface area contributed by atoms with Gasteiger partial charge in [-0.2, -0.15) is 0 Å². The van der Waals surface area contributed by atoms with Crippen molar-refractivity contribution in [3.8, 4) is 17.0 Å². The van der Waals surface area contributed by atoms with E-state index in [9.17, 15) is 10.1 Å².